The van der Waals surface area contributed by atoms with Gasteiger partial charge in [-0.05, 0) is 29.5 Å². The van der Waals surface area contributed by atoms with Crippen LogP contribution in [0.3, 0.4) is 0 Å². The number of amides is 1. The highest BCUT2D eigenvalue weighted by atomic mass is 16.2. The Labute approximate surface area is 167 Å². The van der Waals surface area contributed by atoms with Crippen molar-refractivity contribution in [2.75, 3.05) is 31.1 Å². The van der Waals surface area contributed by atoms with Crippen LogP contribution in [0.5, 0.6) is 0 Å². The number of nitrogens with zero attached hydrogens (tertiary/aromatic N) is 3. The van der Waals surface area contributed by atoms with Crippen LogP contribution < -0.4 is 4.90 Å². The second-order valence-electron chi connectivity index (χ2n) is 8.73. The van der Waals surface area contributed by atoms with Crippen LogP contribution in [0.4, 0.5) is 5.69 Å². The fourth-order valence-electron chi connectivity index (χ4n) is 4.90. The quantitative estimate of drug-likeness (QED) is 0.823. The van der Waals surface area contributed by atoms with Crippen molar-refractivity contribution in [2.45, 2.75) is 32.5 Å². The van der Waals surface area contributed by atoms with E-state index in [-0.39, 0.29) is 5.92 Å². The van der Waals surface area contributed by atoms with Gasteiger partial charge >= 0.3 is 0 Å². The van der Waals surface area contributed by atoms with Crippen molar-refractivity contribution < 1.29 is 4.79 Å². The minimum absolute atomic E-state index is 0.253. The van der Waals surface area contributed by atoms with Gasteiger partial charge in [0.05, 0.1) is 6.04 Å². The van der Waals surface area contributed by atoms with Gasteiger partial charge in [0.1, 0.15) is 0 Å². The van der Waals surface area contributed by atoms with Gasteiger partial charge < -0.3 is 9.80 Å². The number of fused-ring (bicyclic) bond motifs is 3. The van der Waals surface area contributed by atoms with Gasteiger partial charge in [0.15, 0.2) is 0 Å². The van der Waals surface area contributed by atoms with Crippen molar-refractivity contribution in [3.05, 3.63) is 65.7 Å². The monoisotopic (exact) mass is 375 g/mol. The highest BCUT2D eigenvalue weighted by molar-refractivity contribution is 5.82. The Morgan fingerprint density at radius 1 is 1.00 bits per heavy atom. The summed E-state index contributed by atoms with van der Waals surface area (Å²) in [6.45, 7) is 7.87. The highest BCUT2D eigenvalue weighted by Crippen LogP contribution is 2.40. The zero-order valence-corrected chi connectivity index (χ0v) is 16.6. The second-order valence-corrected chi connectivity index (χ2v) is 8.73. The van der Waals surface area contributed by atoms with Crippen LogP contribution in [-0.4, -0.2) is 47.9 Å². The van der Waals surface area contributed by atoms with Gasteiger partial charge in [-0.1, -0.05) is 55.5 Å². The standard InChI is InChI=1S/C24H29N3O/c1-18-13-22(18)24(28)26-15-20-9-5-6-10-23(20)27-12-11-25(16-21(27)17-26)14-19-7-3-2-4-8-19/h2-10,18,21-22H,11-17H2,1H3. The van der Waals surface area contributed by atoms with E-state index in [0.717, 1.165) is 45.7 Å². The van der Waals surface area contributed by atoms with Crippen LogP contribution in [0.2, 0.25) is 0 Å². The molecule has 1 amide bonds. The van der Waals surface area contributed by atoms with E-state index in [4.69, 9.17) is 0 Å². The number of anilines is 1. The molecule has 146 valence electrons. The fourth-order valence-corrected chi connectivity index (χ4v) is 4.90. The second kappa shape index (κ2) is 7.25. The lowest BCUT2D eigenvalue weighted by atomic mass is 10.1. The first kappa shape index (κ1) is 17.7. The third kappa shape index (κ3) is 3.42. The Kier molecular flexibility index (Phi) is 4.59. The number of rotatable bonds is 3. The van der Waals surface area contributed by atoms with Gasteiger partial charge in [-0.3, -0.25) is 9.69 Å². The maximum atomic E-state index is 13.1. The molecule has 0 spiro atoms. The molecule has 0 bridgehead atoms. The van der Waals surface area contributed by atoms with E-state index in [1.54, 1.807) is 0 Å². The molecular formula is C24H29N3O. The molecule has 1 saturated heterocycles. The van der Waals surface area contributed by atoms with Crippen molar-refractivity contribution in [1.29, 1.82) is 0 Å². The number of hydrogen-bond acceptors (Lipinski definition) is 3. The smallest absolute Gasteiger partial charge is 0.226 e. The molecule has 1 aliphatic carbocycles. The molecular weight excluding hydrogens is 346 g/mol. The Morgan fingerprint density at radius 3 is 2.54 bits per heavy atom. The normalized spacial score (nSPS) is 27.0. The van der Waals surface area contributed by atoms with Crippen LogP contribution in [-0.2, 0) is 17.9 Å². The van der Waals surface area contributed by atoms with Crippen molar-refractivity contribution in [3.63, 3.8) is 0 Å². The summed E-state index contributed by atoms with van der Waals surface area (Å²) in [6.07, 6.45) is 1.06. The summed E-state index contributed by atoms with van der Waals surface area (Å²) in [7, 11) is 0. The van der Waals surface area contributed by atoms with Crippen molar-refractivity contribution in [1.82, 2.24) is 9.80 Å². The van der Waals surface area contributed by atoms with Gasteiger partial charge in [-0.15, -0.1) is 0 Å². The first-order chi connectivity index (χ1) is 13.7. The molecule has 4 heteroatoms. The van der Waals surface area contributed by atoms with Gasteiger partial charge in [-0.25, -0.2) is 0 Å². The molecule has 2 aromatic carbocycles. The van der Waals surface area contributed by atoms with E-state index in [1.807, 2.05) is 0 Å². The third-order valence-corrected chi connectivity index (χ3v) is 6.65. The molecule has 2 aromatic rings. The Bertz CT molecular complexity index is 852. The molecule has 5 rings (SSSR count). The van der Waals surface area contributed by atoms with E-state index < -0.39 is 0 Å². The summed E-state index contributed by atoms with van der Waals surface area (Å²) in [6, 6.07) is 19.8. The van der Waals surface area contributed by atoms with Gasteiger partial charge in [0, 0.05) is 50.9 Å². The van der Waals surface area contributed by atoms with Crippen molar-refractivity contribution in [3.8, 4) is 0 Å². The topological polar surface area (TPSA) is 26.8 Å². The van der Waals surface area contributed by atoms with Crippen LogP contribution >= 0.6 is 0 Å². The molecule has 3 unspecified atom stereocenters. The molecule has 28 heavy (non-hydrogen) atoms. The minimum atomic E-state index is 0.253. The van der Waals surface area contributed by atoms with Crippen LogP contribution in [0.25, 0.3) is 0 Å². The summed E-state index contributed by atoms with van der Waals surface area (Å²) in [5.41, 5.74) is 3.99. The Balaban J connectivity index is 1.38. The summed E-state index contributed by atoms with van der Waals surface area (Å²) >= 11 is 0. The number of hydrogen-bond donors (Lipinski definition) is 0. The fraction of sp³-hybridized carbons (Fsp3) is 0.458. The lowest BCUT2D eigenvalue weighted by molar-refractivity contribution is -0.133. The average Bonchev–Trinajstić information content (AvgIpc) is 3.47. The lowest BCUT2D eigenvalue weighted by Crippen LogP contribution is -2.56. The maximum Gasteiger partial charge on any atom is 0.226 e. The average molecular weight is 376 g/mol. The number of para-hydroxylation sites is 1. The first-order valence-electron chi connectivity index (χ1n) is 10.6. The molecule has 0 radical (unpaired) electrons. The zero-order valence-electron chi connectivity index (χ0n) is 16.6. The first-order valence-corrected chi connectivity index (χ1v) is 10.6. The van der Waals surface area contributed by atoms with E-state index in [2.05, 4.69) is 76.2 Å². The molecule has 4 nitrogen and oxygen atoms in total. The number of carbonyl (C=O) groups excluding carboxylic acids is 1. The molecule has 3 atom stereocenters. The van der Waals surface area contributed by atoms with Gasteiger partial charge in [-0.2, -0.15) is 0 Å². The SMILES string of the molecule is CC1CC1C(=O)N1Cc2ccccc2N2CCN(Cc3ccccc3)CC2C1. The maximum absolute atomic E-state index is 13.1. The summed E-state index contributed by atoms with van der Waals surface area (Å²) in [4.78, 5) is 20.3. The van der Waals surface area contributed by atoms with Crippen LogP contribution in [0.15, 0.2) is 54.6 Å². The van der Waals surface area contributed by atoms with Crippen molar-refractivity contribution in [2.24, 2.45) is 11.8 Å². The number of benzene rings is 2. The summed E-state index contributed by atoms with van der Waals surface area (Å²) in [5.74, 6) is 1.18. The number of piperazine rings is 1. The predicted octanol–water partition coefficient (Wildman–Crippen LogP) is 3.38. The number of carbonyl (C=O) groups is 1. The summed E-state index contributed by atoms with van der Waals surface area (Å²) < 4.78 is 0. The minimum Gasteiger partial charge on any atom is -0.364 e. The molecule has 1 saturated carbocycles. The van der Waals surface area contributed by atoms with Gasteiger partial charge in [0.2, 0.25) is 5.91 Å². The molecule has 0 N–H and O–H groups in total. The van der Waals surface area contributed by atoms with Crippen LogP contribution in [0, 0.1) is 11.8 Å². The molecule has 0 aromatic heterocycles. The molecule has 2 heterocycles. The highest BCUT2D eigenvalue weighted by Gasteiger charge is 2.43. The lowest BCUT2D eigenvalue weighted by Gasteiger charge is -2.43. The Hall–Kier alpha value is -2.33. The molecule has 3 aliphatic rings. The van der Waals surface area contributed by atoms with E-state index >= 15 is 0 Å². The van der Waals surface area contributed by atoms with E-state index in [9.17, 15) is 4.79 Å². The van der Waals surface area contributed by atoms with E-state index in [0.29, 0.717) is 17.9 Å². The van der Waals surface area contributed by atoms with Gasteiger partial charge in [0.25, 0.3) is 0 Å². The van der Waals surface area contributed by atoms with E-state index in [1.165, 1.54) is 16.8 Å². The Morgan fingerprint density at radius 2 is 1.75 bits per heavy atom. The third-order valence-electron chi connectivity index (χ3n) is 6.65. The molecule has 2 aliphatic heterocycles. The molecule has 2 fully saturated rings. The predicted molar refractivity (Wildman–Crippen MR) is 112 cm³/mol. The largest absolute Gasteiger partial charge is 0.364 e. The summed E-state index contributed by atoms with van der Waals surface area (Å²) in [5, 5.41) is 0. The van der Waals surface area contributed by atoms with Crippen molar-refractivity contribution >= 4 is 11.6 Å². The zero-order chi connectivity index (χ0) is 19.1. The van der Waals surface area contributed by atoms with Crippen LogP contribution in [0.1, 0.15) is 24.5 Å².